The van der Waals surface area contributed by atoms with Gasteiger partial charge < -0.3 is 10.1 Å². The normalized spacial score (nSPS) is 13.0. The first-order valence-electron chi connectivity index (χ1n) is 7.23. The summed E-state index contributed by atoms with van der Waals surface area (Å²) in [6.45, 7) is 11.7. The van der Waals surface area contributed by atoms with Crippen molar-refractivity contribution in [2.24, 2.45) is 5.92 Å². The van der Waals surface area contributed by atoms with Gasteiger partial charge in [0.2, 0.25) is 5.88 Å². The highest BCUT2D eigenvalue weighted by Crippen LogP contribution is 2.12. The number of nitrogens with one attached hydrogen (secondary N) is 1. The van der Waals surface area contributed by atoms with Gasteiger partial charge in [0, 0.05) is 18.7 Å². The molecule has 1 unspecified atom stereocenters. The van der Waals surface area contributed by atoms with Gasteiger partial charge in [0.1, 0.15) is 0 Å². The first kappa shape index (κ1) is 15.9. The van der Waals surface area contributed by atoms with E-state index >= 15 is 0 Å². The molecule has 0 amide bonds. The van der Waals surface area contributed by atoms with Crippen molar-refractivity contribution in [2.75, 3.05) is 6.54 Å². The van der Waals surface area contributed by atoms with Gasteiger partial charge >= 0.3 is 0 Å². The van der Waals surface area contributed by atoms with Crippen LogP contribution >= 0.6 is 0 Å². The molecule has 1 heterocycles. The van der Waals surface area contributed by atoms with Gasteiger partial charge in [-0.2, -0.15) is 0 Å². The fourth-order valence-corrected chi connectivity index (χ4v) is 1.88. The molecule has 1 atom stereocenters. The van der Waals surface area contributed by atoms with Crippen molar-refractivity contribution in [3.05, 3.63) is 18.1 Å². The molecule has 0 aliphatic heterocycles. The van der Waals surface area contributed by atoms with Crippen LogP contribution in [0.2, 0.25) is 0 Å². The van der Waals surface area contributed by atoms with E-state index in [-0.39, 0.29) is 6.10 Å². The summed E-state index contributed by atoms with van der Waals surface area (Å²) in [5, 5.41) is 3.57. The van der Waals surface area contributed by atoms with Crippen LogP contribution < -0.4 is 10.1 Å². The van der Waals surface area contributed by atoms with Crippen LogP contribution in [0, 0.1) is 5.92 Å². The van der Waals surface area contributed by atoms with Gasteiger partial charge in [-0.25, -0.2) is 4.98 Å². The van der Waals surface area contributed by atoms with Crippen LogP contribution in [0.15, 0.2) is 12.4 Å². The molecule has 0 saturated heterocycles. The van der Waals surface area contributed by atoms with E-state index in [0.717, 1.165) is 25.1 Å². The molecule has 0 bridgehead atoms. The Labute approximate surface area is 117 Å². The summed E-state index contributed by atoms with van der Waals surface area (Å²) in [7, 11) is 0. The predicted molar refractivity (Wildman–Crippen MR) is 78.4 cm³/mol. The number of nitrogens with zero attached hydrogens (tertiary/aromatic N) is 2. The molecule has 4 nitrogen and oxygen atoms in total. The average Bonchev–Trinajstić information content (AvgIpc) is 2.33. The van der Waals surface area contributed by atoms with E-state index in [1.54, 1.807) is 6.20 Å². The van der Waals surface area contributed by atoms with E-state index in [1.165, 1.54) is 0 Å². The van der Waals surface area contributed by atoms with Gasteiger partial charge in [-0.3, -0.25) is 4.98 Å². The minimum Gasteiger partial charge on any atom is -0.474 e. The Bertz CT molecular complexity index is 366. The standard InChI is InChI=1S/C15H27N3O/c1-6-7-17-14(11(2)3)8-13-9-16-10-15(18-13)19-12(4)5/h9-12,14,17H,6-8H2,1-5H3. The van der Waals surface area contributed by atoms with E-state index in [1.807, 2.05) is 20.0 Å². The molecule has 1 N–H and O–H groups in total. The average molecular weight is 265 g/mol. The quantitative estimate of drug-likeness (QED) is 0.785. The Kier molecular flexibility index (Phi) is 6.78. The molecule has 0 aliphatic rings. The lowest BCUT2D eigenvalue weighted by molar-refractivity contribution is 0.230. The Morgan fingerprint density at radius 2 is 1.95 bits per heavy atom. The monoisotopic (exact) mass is 265 g/mol. The second-order valence-corrected chi connectivity index (χ2v) is 5.52. The Morgan fingerprint density at radius 3 is 2.53 bits per heavy atom. The summed E-state index contributed by atoms with van der Waals surface area (Å²) in [4.78, 5) is 8.73. The molecule has 0 radical (unpaired) electrons. The lowest BCUT2D eigenvalue weighted by Gasteiger charge is -2.22. The van der Waals surface area contributed by atoms with Gasteiger partial charge in [-0.05, 0) is 32.7 Å². The largest absolute Gasteiger partial charge is 0.474 e. The molecule has 108 valence electrons. The molecule has 0 aromatic carbocycles. The third-order valence-electron chi connectivity index (χ3n) is 2.91. The van der Waals surface area contributed by atoms with E-state index in [9.17, 15) is 0 Å². The summed E-state index contributed by atoms with van der Waals surface area (Å²) in [6, 6.07) is 0.434. The molecular formula is C15H27N3O. The van der Waals surface area contributed by atoms with E-state index in [2.05, 4.69) is 36.1 Å². The number of hydrogen-bond donors (Lipinski definition) is 1. The zero-order chi connectivity index (χ0) is 14.3. The summed E-state index contributed by atoms with van der Waals surface area (Å²) in [6.07, 6.45) is 5.67. The Balaban J connectivity index is 2.67. The minimum atomic E-state index is 0.128. The van der Waals surface area contributed by atoms with Crippen LogP contribution in [-0.2, 0) is 6.42 Å². The molecule has 0 aliphatic carbocycles. The van der Waals surface area contributed by atoms with Crippen LogP contribution in [0.3, 0.4) is 0 Å². The van der Waals surface area contributed by atoms with Gasteiger partial charge in [0.05, 0.1) is 18.0 Å². The maximum atomic E-state index is 5.58. The highest BCUT2D eigenvalue weighted by molar-refractivity contribution is 5.10. The first-order chi connectivity index (χ1) is 9.02. The lowest BCUT2D eigenvalue weighted by Crippen LogP contribution is -2.36. The van der Waals surface area contributed by atoms with Crippen LogP contribution in [0.5, 0.6) is 5.88 Å². The zero-order valence-corrected chi connectivity index (χ0v) is 12.8. The summed E-state index contributed by atoms with van der Waals surface area (Å²) in [5.41, 5.74) is 0.987. The van der Waals surface area contributed by atoms with Crippen LogP contribution in [-0.4, -0.2) is 28.7 Å². The first-order valence-corrected chi connectivity index (χ1v) is 7.23. The SMILES string of the molecule is CCCNC(Cc1cncc(OC(C)C)n1)C(C)C. The molecule has 1 aromatic heterocycles. The van der Waals surface area contributed by atoms with E-state index in [4.69, 9.17) is 4.74 Å². The third kappa shape index (κ3) is 6.01. The molecule has 1 aromatic rings. The number of hydrogen-bond acceptors (Lipinski definition) is 4. The highest BCUT2D eigenvalue weighted by atomic mass is 16.5. The fourth-order valence-electron chi connectivity index (χ4n) is 1.88. The fraction of sp³-hybridized carbons (Fsp3) is 0.733. The molecule has 0 spiro atoms. The summed E-state index contributed by atoms with van der Waals surface area (Å²) < 4.78 is 5.58. The van der Waals surface area contributed by atoms with Crippen molar-refractivity contribution in [1.82, 2.24) is 15.3 Å². The molecule has 1 rings (SSSR count). The van der Waals surface area contributed by atoms with Crippen molar-refractivity contribution in [2.45, 2.75) is 59.6 Å². The maximum absolute atomic E-state index is 5.58. The second-order valence-electron chi connectivity index (χ2n) is 5.52. The maximum Gasteiger partial charge on any atom is 0.232 e. The smallest absolute Gasteiger partial charge is 0.232 e. The molecule has 0 fully saturated rings. The van der Waals surface area contributed by atoms with Gasteiger partial charge in [-0.1, -0.05) is 20.8 Å². The van der Waals surface area contributed by atoms with Crippen LogP contribution in [0.1, 0.15) is 46.7 Å². The third-order valence-corrected chi connectivity index (χ3v) is 2.91. The van der Waals surface area contributed by atoms with Crippen molar-refractivity contribution in [3.8, 4) is 5.88 Å². The Hall–Kier alpha value is -1.16. The zero-order valence-electron chi connectivity index (χ0n) is 12.8. The van der Waals surface area contributed by atoms with Crippen molar-refractivity contribution < 1.29 is 4.74 Å². The highest BCUT2D eigenvalue weighted by Gasteiger charge is 2.14. The Morgan fingerprint density at radius 1 is 1.21 bits per heavy atom. The molecule has 19 heavy (non-hydrogen) atoms. The predicted octanol–water partition coefficient (Wildman–Crippen LogP) is 2.83. The minimum absolute atomic E-state index is 0.128. The van der Waals surface area contributed by atoms with Gasteiger partial charge in [0.15, 0.2) is 0 Å². The number of aromatic nitrogens is 2. The number of ether oxygens (including phenoxy) is 1. The van der Waals surface area contributed by atoms with Crippen molar-refractivity contribution >= 4 is 0 Å². The number of rotatable bonds is 8. The molecule has 4 heteroatoms. The van der Waals surface area contributed by atoms with Crippen LogP contribution in [0.25, 0.3) is 0 Å². The summed E-state index contributed by atoms with van der Waals surface area (Å²) in [5.74, 6) is 1.19. The molecular weight excluding hydrogens is 238 g/mol. The lowest BCUT2D eigenvalue weighted by atomic mass is 9.99. The van der Waals surface area contributed by atoms with E-state index in [0.29, 0.717) is 17.8 Å². The van der Waals surface area contributed by atoms with Gasteiger partial charge in [0.25, 0.3) is 0 Å². The molecule has 0 saturated carbocycles. The van der Waals surface area contributed by atoms with Crippen LogP contribution in [0.4, 0.5) is 0 Å². The van der Waals surface area contributed by atoms with Gasteiger partial charge in [-0.15, -0.1) is 0 Å². The topological polar surface area (TPSA) is 47.0 Å². The van der Waals surface area contributed by atoms with Crippen molar-refractivity contribution in [3.63, 3.8) is 0 Å². The second kappa shape index (κ2) is 8.10. The van der Waals surface area contributed by atoms with Crippen molar-refractivity contribution in [1.29, 1.82) is 0 Å². The summed E-state index contributed by atoms with van der Waals surface area (Å²) >= 11 is 0. The van der Waals surface area contributed by atoms with E-state index < -0.39 is 0 Å².